The second-order valence-corrected chi connectivity index (χ2v) is 6.10. The van der Waals surface area contributed by atoms with Crippen LogP contribution < -0.4 is 4.74 Å². The van der Waals surface area contributed by atoms with Crippen LogP contribution in [0.15, 0.2) is 49.1 Å². The number of amides is 1. The molecule has 1 N–H and O–H groups in total. The molecule has 0 radical (unpaired) electrons. The van der Waals surface area contributed by atoms with Gasteiger partial charge in [-0.15, -0.1) is 0 Å². The summed E-state index contributed by atoms with van der Waals surface area (Å²) in [5.41, 5.74) is 2.08. The van der Waals surface area contributed by atoms with Crippen molar-refractivity contribution < 1.29 is 14.6 Å². The van der Waals surface area contributed by atoms with Crippen LogP contribution in [0.4, 0.5) is 0 Å². The number of rotatable bonds is 3. The lowest BCUT2D eigenvalue weighted by Crippen LogP contribution is -2.31. The van der Waals surface area contributed by atoms with Crippen LogP contribution in [0.2, 0.25) is 0 Å². The fraction of sp³-hybridized carbons (Fsp3) is 0.278. The zero-order valence-electron chi connectivity index (χ0n) is 13.7. The number of methoxy groups -OCH3 is 1. The van der Waals surface area contributed by atoms with Crippen molar-refractivity contribution in [2.45, 2.75) is 18.6 Å². The largest absolute Gasteiger partial charge is 0.497 e. The minimum absolute atomic E-state index is 0.160. The number of likely N-dealkylation sites (tertiary alicyclic amines) is 1. The summed E-state index contributed by atoms with van der Waals surface area (Å²) in [5, 5.41) is 14.4. The van der Waals surface area contributed by atoms with E-state index in [9.17, 15) is 9.90 Å². The topological polar surface area (TPSA) is 80.0 Å². The molecule has 2 aromatic heterocycles. The van der Waals surface area contributed by atoms with Gasteiger partial charge >= 0.3 is 0 Å². The SMILES string of the molecule is COc1cccc(C2CC(O)CN2C(=O)c2cnn3ccncc23)c1. The van der Waals surface area contributed by atoms with E-state index in [0.717, 1.165) is 11.3 Å². The van der Waals surface area contributed by atoms with Crippen LogP contribution in [0.25, 0.3) is 5.52 Å². The Morgan fingerprint density at radius 1 is 1.36 bits per heavy atom. The predicted molar refractivity (Wildman–Crippen MR) is 90.4 cm³/mol. The van der Waals surface area contributed by atoms with Gasteiger partial charge < -0.3 is 14.7 Å². The first-order valence-corrected chi connectivity index (χ1v) is 8.07. The molecule has 1 amide bonds. The normalized spacial score (nSPS) is 20.2. The van der Waals surface area contributed by atoms with E-state index in [1.165, 1.54) is 0 Å². The van der Waals surface area contributed by atoms with E-state index in [1.807, 2.05) is 24.3 Å². The number of fused-ring (bicyclic) bond motifs is 1. The number of ether oxygens (including phenoxy) is 1. The van der Waals surface area contributed by atoms with Gasteiger partial charge in [0.15, 0.2) is 0 Å². The van der Waals surface area contributed by atoms with Crippen LogP contribution >= 0.6 is 0 Å². The highest BCUT2D eigenvalue weighted by Crippen LogP contribution is 2.35. The molecular formula is C18H18N4O3. The highest BCUT2D eigenvalue weighted by Gasteiger charge is 2.36. The molecule has 0 saturated carbocycles. The Balaban J connectivity index is 1.70. The van der Waals surface area contributed by atoms with Crippen LogP contribution in [0.3, 0.4) is 0 Å². The van der Waals surface area contributed by atoms with Gasteiger partial charge in [-0.2, -0.15) is 5.10 Å². The molecule has 1 saturated heterocycles. The Kier molecular flexibility index (Phi) is 3.85. The van der Waals surface area contributed by atoms with Crippen molar-refractivity contribution >= 4 is 11.4 Å². The summed E-state index contributed by atoms with van der Waals surface area (Å²) >= 11 is 0. The molecule has 0 bridgehead atoms. The van der Waals surface area contributed by atoms with Gasteiger partial charge in [-0.3, -0.25) is 9.78 Å². The number of carbonyl (C=O) groups is 1. The van der Waals surface area contributed by atoms with Gasteiger partial charge in [-0.25, -0.2) is 4.52 Å². The van der Waals surface area contributed by atoms with Crippen molar-refractivity contribution in [3.05, 3.63) is 60.2 Å². The molecule has 2 atom stereocenters. The second-order valence-electron chi connectivity index (χ2n) is 6.10. The van der Waals surface area contributed by atoms with Gasteiger partial charge in [0, 0.05) is 18.9 Å². The monoisotopic (exact) mass is 338 g/mol. The van der Waals surface area contributed by atoms with Crippen molar-refractivity contribution in [3.63, 3.8) is 0 Å². The number of benzene rings is 1. The summed E-state index contributed by atoms with van der Waals surface area (Å²) in [6.07, 6.45) is 6.42. The Bertz CT molecular complexity index is 923. The average Bonchev–Trinajstić information content (AvgIpc) is 3.25. The van der Waals surface area contributed by atoms with Crippen molar-refractivity contribution in [2.75, 3.05) is 13.7 Å². The highest BCUT2D eigenvalue weighted by atomic mass is 16.5. The fourth-order valence-corrected chi connectivity index (χ4v) is 3.36. The van der Waals surface area contributed by atoms with Gasteiger partial charge in [-0.1, -0.05) is 12.1 Å². The Morgan fingerprint density at radius 2 is 2.24 bits per heavy atom. The molecule has 0 aliphatic carbocycles. The van der Waals surface area contributed by atoms with Crippen molar-refractivity contribution in [1.29, 1.82) is 0 Å². The standard InChI is InChI=1S/C18H18N4O3/c1-25-14-4-2-3-12(7-14)16-8-13(23)11-21(16)18(24)15-9-20-22-6-5-19-10-17(15)22/h2-7,9-10,13,16,23H,8,11H2,1H3. The molecule has 1 aliphatic heterocycles. The summed E-state index contributed by atoms with van der Waals surface area (Å²) in [5.74, 6) is 0.568. The Morgan fingerprint density at radius 3 is 3.08 bits per heavy atom. The molecule has 2 unspecified atom stereocenters. The van der Waals surface area contributed by atoms with Crippen molar-refractivity contribution in [1.82, 2.24) is 19.5 Å². The predicted octanol–water partition coefficient (Wildman–Crippen LogP) is 1.69. The van der Waals surface area contributed by atoms with E-state index in [-0.39, 0.29) is 18.5 Å². The first-order chi connectivity index (χ1) is 12.2. The van der Waals surface area contributed by atoms with Gasteiger partial charge in [0.05, 0.1) is 42.7 Å². The molecule has 7 nitrogen and oxygen atoms in total. The molecule has 1 aliphatic rings. The van der Waals surface area contributed by atoms with Crippen LogP contribution in [0, 0.1) is 0 Å². The zero-order chi connectivity index (χ0) is 17.4. The maximum absolute atomic E-state index is 13.1. The van der Waals surface area contributed by atoms with Gasteiger partial charge in [-0.05, 0) is 24.1 Å². The first kappa shape index (κ1) is 15.6. The van der Waals surface area contributed by atoms with E-state index in [1.54, 1.807) is 41.3 Å². The zero-order valence-corrected chi connectivity index (χ0v) is 13.7. The summed E-state index contributed by atoms with van der Waals surface area (Å²) in [6, 6.07) is 7.40. The molecule has 3 aromatic rings. The maximum Gasteiger partial charge on any atom is 0.258 e. The fourth-order valence-electron chi connectivity index (χ4n) is 3.36. The van der Waals surface area contributed by atoms with Crippen molar-refractivity contribution in [3.8, 4) is 5.75 Å². The summed E-state index contributed by atoms with van der Waals surface area (Å²) in [6.45, 7) is 0.290. The van der Waals surface area contributed by atoms with E-state index < -0.39 is 6.10 Å². The number of aliphatic hydroxyl groups excluding tert-OH is 1. The number of hydrogen-bond acceptors (Lipinski definition) is 5. The third-order valence-corrected chi connectivity index (χ3v) is 4.57. The number of hydrogen-bond donors (Lipinski definition) is 1. The Hall–Kier alpha value is -2.93. The minimum atomic E-state index is -0.555. The Labute approximate surface area is 144 Å². The quantitative estimate of drug-likeness (QED) is 0.786. The molecule has 4 rings (SSSR count). The van der Waals surface area contributed by atoms with Crippen LogP contribution in [0.1, 0.15) is 28.4 Å². The summed E-state index contributed by atoms with van der Waals surface area (Å²) in [4.78, 5) is 18.9. The smallest absolute Gasteiger partial charge is 0.258 e. The minimum Gasteiger partial charge on any atom is -0.497 e. The summed E-state index contributed by atoms with van der Waals surface area (Å²) < 4.78 is 6.90. The number of aliphatic hydroxyl groups is 1. The first-order valence-electron chi connectivity index (χ1n) is 8.07. The third-order valence-electron chi connectivity index (χ3n) is 4.57. The van der Waals surface area contributed by atoms with Crippen LogP contribution in [-0.2, 0) is 0 Å². The molecule has 3 heterocycles. The summed E-state index contributed by atoms with van der Waals surface area (Å²) in [7, 11) is 1.61. The molecule has 128 valence electrons. The lowest BCUT2D eigenvalue weighted by atomic mass is 10.0. The molecular weight excluding hydrogens is 320 g/mol. The second kappa shape index (κ2) is 6.18. The lowest BCUT2D eigenvalue weighted by Gasteiger charge is -2.24. The number of aromatic nitrogens is 3. The van der Waals surface area contributed by atoms with Gasteiger partial charge in [0.1, 0.15) is 5.75 Å². The van der Waals surface area contributed by atoms with Crippen LogP contribution in [-0.4, -0.2) is 50.3 Å². The molecule has 1 aromatic carbocycles. The molecule has 25 heavy (non-hydrogen) atoms. The maximum atomic E-state index is 13.1. The molecule has 7 heteroatoms. The van der Waals surface area contributed by atoms with E-state index >= 15 is 0 Å². The lowest BCUT2D eigenvalue weighted by molar-refractivity contribution is 0.0717. The van der Waals surface area contributed by atoms with E-state index in [4.69, 9.17) is 4.74 Å². The number of β-amino-alcohol motifs (C(OH)–C–C–N with tert-alkyl or cyclic N) is 1. The van der Waals surface area contributed by atoms with Gasteiger partial charge in [0.2, 0.25) is 0 Å². The molecule has 1 fully saturated rings. The van der Waals surface area contributed by atoms with Gasteiger partial charge in [0.25, 0.3) is 5.91 Å². The number of carbonyl (C=O) groups excluding carboxylic acids is 1. The highest BCUT2D eigenvalue weighted by molar-refractivity contribution is 6.00. The van der Waals surface area contributed by atoms with Crippen molar-refractivity contribution in [2.24, 2.45) is 0 Å². The third kappa shape index (κ3) is 2.72. The van der Waals surface area contributed by atoms with E-state index in [2.05, 4.69) is 10.1 Å². The average molecular weight is 338 g/mol. The van der Waals surface area contributed by atoms with Crippen LogP contribution in [0.5, 0.6) is 5.75 Å². The molecule has 0 spiro atoms. The number of nitrogens with zero attached hydrogens (tertiary/aromatic N) is 4. The van der Waals surface area contributed by atoms with E-state index in [0.29, 0.717) is 17.5 Å².